The Morgan fingerprint density at radius 1 is 1.00 bits per heavy atom. The first kappa shape index (κ1) is 20.7. The molecule has 0 spiro atoms. The molecule has 1 aromatic carbocycles. The van der Waals surface area contributed by atoms with Gasteiger partial charge in [-0.1, -0.05) is 52.8 Å². The van der Waals surface area contributed by atoms with Crippen LogP contribution in [0.25, 0.3) is 11.0 Å². The first-order valence-electron chi connectivity index (χ1n) is 11.5. The molecule has 2 aromatic rings. The fourth-order valence-corrected chi connectivity index (χ4v) is 5.30. The van der Waals surface area contributed by atoms with Gasteiger partial charge >= 0.3 is 0 Å². The highest BCUT2D eigenvalue weighted by atomic mass is 16.5. The van der Waals surface area contributed by atoms with Crippen LogP contribution in [0.5, 0.6) is 0 Å². The van der Waals surface area contributed by atoms with Gasteiger partial charge in [-0.2, -0.15) is 0 Å². The second-order valence-electron chi connectivity index (χ2n) is 11.5. The Bertz CT molecular complexity index is 834. The quantitative estimate of drug-likeness (QED) is 0.664. The zero-order valence-corrected chi connectivity index (χ0v) is 19.3. The first-order chi connectivity index (χ1) is 13.6. The highest BCUT2D eigenvalue weighted by Crippen LogP contribution is 2.38. The highest BCUT2D eigenvalue weighted by Gasteiger charge is 2.32. The van der Waals surface area contributed by atoms with Crippen molar-refractivity contribution in [2.75, 3.05) is 37.6 Å². The average molecular weight is 398 g/mol. The van der Waals surface area contributed by atoms with Crippen LogP contribution in [0.3, 0.4) is 0 Å². The van der Waals surface area contributed by atoms with Crippen LogP contribution < -0.4 is 4.90 Å². The van der Waals surface area contributed by atoms with E-state index in [0.717, 1.165) is 36.2 Å². The monoisotopic (exact) mass is 397 g/mol. The Morgan fingerprint density at radius 2 is 1.72 bits per heavy atom. The number of benzene rings is 1. The molecule has 4 heteroatoms. The lowest BCUT2D eigenvalue weighted by molar-refractivity contribution is 0.103. The largest absolute Gasteiger partial charge is 0.371 e. The van der Waals surface area contributed by atoms with Gasteiger partial charge in [0, 0.05) is 30.7 Å². The number of piperidine rings is 1. The Balaban J connectivity index is 1.43. The molecular weight excluding hydrogens is 358 g/mol. The van der Waals surface area contributed by atoms with Crippen LogP contribution in [0.15, 0.2) is 22.7 Å². The molecular formula is C25H39N3O. The highest BCUT2D eigenvalue weighted by molar-refractivity contribution is 5.93. The second kappa shape index (κ2) is 7.61. The van der Waals surface area contributed by atoms with Gasteiger partial charge in [-0.3, -0.25) is 0 Å². The molecule has 0 bridgehead atoms. The van der Waals surface area contributed by atoms with E-state index in [2.05, 4.69) is 68.6 Å². The first-order valence-corrected chi connectivity index (χ1v) is 11.5. The molecule has 4 nitrogen and oxygen atoms in total. The van der Waals surface area contributed by atoms with Gasteiger partial charge in [0.15, 0.2) is 5.58 Å². The number of anilines is 1. The number of aromatic nitrogens is 1. The van der Waals surface area contributed by atoms with E-state index in [0.29, 0.717) is 5.41 Å². The summed E-state index contributed by atoms with van der Waals surface area (Å²) in [6.07, 6.45) is 4.00. The van der Waals surface area contributed by atoms with E-state index in [-0.39, 0.29) is 5.41 Å². The number of hydrogen-bond acceptors (Lipinski definition) is 4. The van der Waals surface area contributed by atoms with E-state index >= 15 is 0 Å². The molecule has 0 saturated carbocycles. The minimum absolute atomic E-state index is 0.0160. The third-order valence-corrected chi connectivity index (χ3v) is 7.14. The molecule has 0 amide bonds. The molecule has 1 atom stereocenters. The number of hydrogen-bond donors (Lipinski definition) is 0. The summed E-state index contributed by atoms with van der Waals surface area (Å²) in [4.78, 5) is 5.29. The van der Waals surface area contributed by atoms with E-state index in [1.165, 1.54) is 50.0 Å². The van der Waals surface area contributed by atoms with Gasteiger partial charge < -0.3 is 14.3 Å². The van der Waals surface area contributed by atoms with Gasteiger partial charge in [-0.25, -0.2) is 0 Å². The lowest BCUT2D eigenvalue weighted by atomic mass is 9.75. The summed E-state index contributed by atoms with van der Waals surface area (Å²) in [5, 5.41) is 5.64. The maximum atomic E-state index is 5.68. The topological polar surface area (TPSA) is 32.5 Å². The third kappa shape index (κ3) is 4.33. The molecule has 0 radical (unpaired) electrons. The Hall–Kier alpha value is -1.55. The van der Waals surface area contributed by atoms with E-state index < -0.39 is 0 Å². The average Bonchev–Trinajstić information content (AvgIpc) is 3.27. The van der Waals surface area contributed by atoms with Crippen molar-refractivity contribution in [1.29, 1.82) is 0 Å². The molecule has 0 unspecified atom stereocenters. The van der Waals surface area contributed by atoms with Gasteiger partial charge in [-0.05, 0) is 61.7 Å². The molecule has 2 aliphatic heterocycles. The summed E-state index contributed by atoms with van der Waals surface area (Å²) in [6.45, 7) is 19.9. The molecule has 2 fully saturated rings. The Kier molecular flexibility index (Phi) is 5.43. The molecule has 160 valence electrons. The van der Waals surface area contributed by atoms with Crippen LogP contribution in [-0.4, -0.2) is 42.8 Å². The summed E-state index contributed by atoms with van der Waals surface area (Å²) in [7, 11) is 0. The standard InChI is InChI=1S/C25H39N3O/c1-24(2,3)19-11-13-27(14-12-19)16-18-10-15-28(17-18)20-8-7-9-21-22(20)23(26-29-21)25(4,5)6/h7-9,18-19H,10-17H2,1-6H3/t18-/m0/s1. The Labute approximate surface area is 176 Å². The smallest absolute Gasteiger partial charge is 0.169 e. The lowest BCUT2D eigenvalue weighted by Gasteiger charge is -2.39. The van der Waals surface area contributed by atoms with Crippen molar-refractivity contribution in [3.63, 3.8) is 0 Å². The van der Waals surface area contributed by atoms with Crippen molar-refractivity contribution in [3.05, 3.63) is 23.9 Å². The zero-order valence-electron chi connectivity index (χ0n) is 19.3. The summed E-state index contributed by atoms with van der Waals surface area (Å²) < 4.78 is 5.68. The fourth-order valence-electron chi connectivity index (χ4n) is 5.30. The number of rotatable bonds is 3. The molecule has 3 heterocycles. The van der Waals surface area contributed by atoms with E-state index in [1.54, 1.807) is 0 Å². The second-order valence-corrected chi connectivity index (χ2v) is 11.5. The van der Waals surface area contributed by atoms with Crippen molar-refractivity contribution >= 4 is 16.7 Å². The molecule has 2 aliphatic rings. The van der Waals surface area contributed by atoms with Gasteiger partial charge in [0.05, 0.1) is 11.1 Å². The predicted molar refractivity (Wildman–Crippen MR) is 122 cm³/mol. The number of likely N-dealkylation sites (tertiary alicyclic amines) is 1. The number of nitrogens with zero attached hydrogens (tertiary/aromatic N) is 3. The van der Waals surface area contributed by atoms with Crippen LogP contribution in [0, 0.1) is 17.3 Å². The summed E-state index contributed by atoms with van der Waals surface area (Å²) in [5.74, 6) is 1.63. The SMILES string of the molecule is CC(C)(C)c1noc2cccc(N3CC[C@@H](CN4CCC(C(C)(C)C)CC4)C3)c12. The third-order valence-electron chi connectivity index (χ3n) is 7.14. The van der Waals surface area contributed by atoms with Crippen molar-refractivity contribution in [2.45, 2.75) is 66.2 Å². The molecule has 4 rings (SSSR count). The number of fused-ring (bicyclic) bond motifs is 1. The minimum atomic E-state index is -0.0160. The van der Waals surface area contributed by atoms with Gasteiger partial charge in [-0.15, -0.1) is 0 Å². The predicted octanol–water partition coefficient (Wildman–Crippen LogP) is 5.71. The van der Waals surface area contributed by atoms with Crippen molar-refractivity contribution in [1.82, 2.24) is 10.1 Å². The minimum Gasteiger partial charge on any atom is -0.371 e. The maximum absolute atomic E-state index is 5.68. The van der Waals surface area contributed by atoms with Crippen LogP contribution in [-0.2, 0) is 5.41 Å². The van der Waals surface area contributed by atoms with Crippen molar-refractivity contribution in [2.24, 2.45) is 17.3 Å². The lowest BCUT2D eigenvalue weighted by Crippen LogP contribution is -2.40. The van der Waals surface area contributed by atoms with Crippen LogP contribution in [0.1, 0.15) is 66.5 Å². The van der Waals surface area contributed by atoms with Crippen LogP contribution in [0.4, 0.5) is 5.69 Å². The Morgan fingerprint density at radius 3 is 2.38 bits per heavy atom. The fraction of sp³-hybridized carbons (Fsp3) is 0.720. The summed E-state index contributed by atoms with van der Waals surface area (Å²) in [6, 6.07) is 6.42. The molecule has 2 saturated heterocycles. The van der Waals surface area contributed by atoms with Crippen LogP contribution >= 0.6 is 0 Å². The van der Waals surface area contributed by atoms with Gasteiger partial charge in [0.1, 0.15) is 0 Å². The van der Waals surface area contributed by atoms with Crippen molar-refractivity contribution < 1.29 is 4.52 Å². The van der Waals surface area contributed by atoms with E-state index in [1.807, 2.05) is 6.07 Å². The van der Waals surface area contributed by atoms with E-state index in [4.69, 9.17) is 4.52 Å². The van der Waals surface area contributed by atoms with Gasteiger partial charge in [0.25, 0.3) is 0 Å². The maximum Gasteiger partial charge on any atom is 0.169 e. The summed E-state index contributed by atoms with van der Waals surface area (Å²) in [5.41, 5.74) is 3.74. The van der Waals surface area contributed by atoms with Crippen LogP contribution in [0.2, 0.25) is 0 Å². The van der Waals surface area contributed by atoms with Crippen molar-refractivity contribution in [3.8, 4) is 0 Å². The van der Waals surface area contributed by atoms with Gasteiger partial charge in [0.2, 0.25) is 0 Å². The molecule has 0 aliphatic carbocycles. The molecule has 0 N–H and O–H groups in total. The summed E-state index contributed by atoms with van der Waals surface area (Å²) >= 11 is 0. The normalized spacial score (nSPS) is 22.7. The zero-order chi connectivity index (χ0) is 20.8. The molecule has 1 aromatic heterocycles. The van der Waals surface area contributed by atoms with E-state index in [9.17, 15) is 0 Å². The molecule has 29 heavy (non-hydrogen) atoms.